The first-order chi connectivity index (χ1) is 18.1. The third-order valence-electron chi connectivity index (χ3n) is 6.28. The van der Waals surface area contributed by atoms with Crippen LogP contribution in [0.4, 0.5) is 17.1 Å². The molecule has 0 amide bonds. The summed E-state index contributed by atoms with van der Waals surface area (Å²) in [5.74, 6) is 0. The summed E-state index contributed by atoms with van der Waals surface area (Å²) in [5.41, 5.74) is 4.21. The number of pyridine rings is 1. The Morgan fingerprint density at radius 1 is 1.05 bits per heavy atom. The van der Waals surface area contributed by atoms with Crippen LogP contribution in [-0.2, 0) is 10.0 Å². The fraction of sp³-hybridized carbons (Fsp3) is 0.154. The van der Waals surface area contributed by atoms with Crippen molar-refractivity contribution in [2.24, 2.45) is 0 Å². The van der Waals surface area contributed by atoms with Gasteiger partial charge in [0, 0.05) is 35.9 Å². The van der Waals surface area contributed by atoms with Crippen LogP contribution in [0.3, 0.4) is 0 Å². The molecule has 12 heteroatoms. The summed E-state index contributed by atoms with van der Waals surface area (Å²) in [6.07, 6.45) is 4.68. The van der Waals surface area contributed by atoms with Crippen molar-refractivity contribution in [3.63, 3.8) is 0 Å². The molecule has 1 aliphatic rings. The molecule has 4 aromatic rings. The van der Waals surface area contributed by atoms with Crippen molar-refractivity contribution in [3.05, 3.63) is 112 Å². The van der Waals surface area contributed by atoms with E-state index in [9.17, 15) is 18.5 Å². The molecule has 38 heavy (non-hydrogen) atoms. The standard InChI is InChI=1S/C26H24N6O4S2/c1-17-15-19(11-12-21(17)29-38(2,35)36)31-25(24(28-26(31)37)22-9-3-4-13-27-22)23-10-6-14-30(23)18-7-5-8-20(16-18)32(33)34/h3-16,24-25,29H,1-2H3,(H,28,37). The molecule has 2 aromatic carbocycles. The number of sulfonamides is 1. The summed E-state index contributed by atoms with van der Waals surface area (Å²) >= 11 is 5.81. The molecule has 0 bridgehead atoms. The molecule has 0 spiro atoms. The molecule has 1 saturated heterocycles. The number of rotatable bonds is 7. The molecular formula is C26H24N6O4S2. The smallest absolute Gasteiger partial charge is 0.271 e. The number of hydrogen-bond acceptors (Lipinski definition) is 6. The third-order valence-corrected chi connectivity index (χ3v) is 7.19. The van der Waals surface area contributed by atoms with E-state index in [-0.39, 0.29) is 17.8 Å². The number of nitrogens with one attached hydrogen (secondary N) is 2. The number of aromatic nitrogens is 2. The number of benzene rings is 2. The van der Waals surface area contributed by atoms with E-state index < -0.39 is 14.9 Å². The van der Waals surface area contributed by atoms with Gasteiger partial charge in [-0.25, -0.2) is 8.42 Å². The van der Waals surface area contributed by atoms with Crippen LogP contribution in [0.15, 0.2) is 85.2 Å². The van der Waals surface area contributed by atoms with Gasteiger partial charge < -0.3 is 14.8 Å². The second-order valence-electron chi connectivity index (χ2n) is 8.95. The van der Waals surface area contributed by atoms with Crippen LogP contribution in [0, 0.1) is 17.0 Å². The van der Waals surface area contributed by atoms with Crippen molar-refractivity contribution < 1.29 is 13.3 Å². The zero-order valence-electron chi connectivity index (χ0n) is 20.5. The molecule has 3 heterocycles. The predicted octanol–water partition coefficient (Wildman–Crippen LogP) is 4.64. The van der Waals surface area contributed by atoms with Gasteiger partial charge in [0.15, 0.2) is 5.11 Å². The van der Waals surface area contributed by atoms with E-state index in [1.54, 1.807) is 18.3 Å². The summed E-state index contributed by atoms with van der Waals surface area (Å²) in [4.78, 5) is 17.6. The molecular weight excluding hydrogens is 524 g/mol. The molecule has 0 radical (unpaired) electrons. The second-order valence-corrected chi connectivity index (χ2v) is 11.1. The highest BCUT2D eigenvalue weighted by molar-refractivity contribution is 7.92. The molecule has 10 nitrogen and oxygen atoms in total. The lowest BCUT2D eigenvalue weighted by atomic mass is 10.0. The van der Waals surface area contributed by atoms with Gasteiger partial charge in [0.1, 0.15) is 6.04 Å². The van der Waals surface area contributed by atoms with Gasteiger partial charge in [-0.3, -0.25) is 19.8 Å². The van der Waals surface area contributed by atoms with Crippen LogP contribution < -0.4 is 14.9 Å². The number of thiocarbonyl (C=S) groups is 1. The van der Waals surface area contributed by atoms with E-state index in [1.165, 1.54) is 12.1 Å². The van der Waals surface area contributed by atoms with Crippen molar-refractivity contribution in [2.45, 2.75) is 19.0 Å². The first-order valence-electron chi connectivity index (χ1n) is 11.6. The molecule has 5 rings (SSSR count). The van der Waals surface area contributed by atoms with E-state index in [1.807, 2.05) is 71.1 Å². The number of aryl methyl sites for hydroxylation is 1. The Kier molecular flexibility index (Phi) is 6.59. The van der Waals surface area contributed by atoms with Crippen molar-refractivity contribution in [1.82, 2.24) is 14.9 Å². The van der Waals surface area contributed by atoms with Crippen LogP contribution in [0.2, 0.25) is 0 Å². The summed E-state index contributed by atoms with van der Waals surface area (Å²) in [5, 5.41) is 15.3. The number of nitrogens with zero attached hydrogens (tertiary/aromatic N) is 4. The average molecular weight is 549 g/mol. The number of anilines is 2. The van der Waals surface area contributed by atoms with Gasteiger partial charge in [0.2, 0.25) is 10.0 Å². The Labute approximate surface area is 225 Å². The van der Waals surface area contributed by atoms with Crippen LogP contribution in [-0.4, -0.2) is 34.3 Å². The second kappa shape index (κ2) is 9.88. The molecule has 2 aromatic heterocycles. The molecule has 1 aliphatic heterocycles. The Bertz CT molecular complexity index is 1640. The average Bonchev–Trinajstić information content (AvgIpc) is 3.49. The maximum Gasteiger partial charge on any atom is 0.271 e. The van der Waals surface area contributed by atoms with Gasteiger partial charge in [-0.1, -0.05) is 12.1 Å². The Morgan fingerprint density at radius 2 is 1.87 bits per heavy atom. The van der Waals surface area contributed by atoms with Crippen LogP contribution in [0.25, 0.3) is 5.69 Å². The minimum Gasteiger partial charge on any atom is -0.351 e. The van der Waals surface area contributed by atoms with Gasteiger partial charge in [-0.2, -0.15) is 0 Å². The lowest BCUT2D eigenvalue weighted by Gasteiger charge is -2.29. The number of hydrogen-bond donors (Lipinski definition) is 2. The highest BCUT2D eigenvalue weighted by Gasteiger charge is 2.42. The van der Waals surface area contributed by atoms with Crippen LogP contribution >= 0.6 is 12.2 Å². The minimum atomic E-state index is -3.44. The van der Waals surface area contributed by atoms with Crippen LogP contribution in [0.5, 0.6) is 0 Å². The molecule has 2 atom stereocenters. The van der Waals surface area contributed by atoms with E-state index >= 15 is 0 Å². The molecule has 2 unspecified atom stereocenters. The number of non-ortho nitro benzene ring substituents is 1. The first-order valence-corrected chi connectivity index (χ1v) is 13.9. The summed E-state index contributed by atoms with van der Waals surface area (Å²) in [6.45, 7) is 1.82. The van der Waals surface area contributed by atoms with Crippen molar-refractivity contribution in [2.75, 3.05) is 15.9 Å². The number of nitro groups is 1. The normalized spacial score (nSPS) is 17.3. The predicted molar refractivity (Wildman–Crippen MR) is 150 cm³/mol. The Balaban J connectivity index is 1.64. The first kappa shape index (κ1) is 25.4. The molecule has 0 saturated carbocycles. The monoisotopic (exact) mass is 548 g/mol. The van der Waals surface area contributed by atoms with Gasteiger partial charge in [0.05, 0.1) is 34.3 Å². The zero-order chi connectivity index (χ0) is 27.0. The van der Waals surface area contributed by atoms with Gasteiger partial charge in [-0.15, -0.1) is 0 Å². The molecule has 194 valence electrons. The molecule has 1 fully saturated rings. The molecule has 0 aliphatic carbocycles. The lowest BCUT2D eigenvalue weighted by molar-refractivity contribution is -0.384. The van der Waals surface area contributed by atoms with E-state index in [0.29, 0.717) is 16.5 Å². The lowest BCUT2D eigenvalue weighted by Crippen LogP contribution is -2.30. The van der Waals surface area contributed by atoms with Crippen molar-refractivity contribution >= 4 is 44.4 Å². The SMILES string of the molecule is Cc1cc(N2C(=S)NC(c3ccccn3)C2c2cccn2-c2cccc([N+](=O)[O-])c2)ccc1NS(C)(=O)=O. The highest BCUT2D eigenvalue weighted by Crippen LogP contribution is 2.43. The van der Waals surface area contributed by atoms with E-state index in [0.717, 1.165) is 28.9 Å². The third kappa shape index (κ3) is 4.95. The minimum absolute atomic E-state index is 0.00931. The topological polar surface area (TPSA) is 122 Å². The summed E-state index contributed by atoms with van der Waals surface area (Å²) in [7, 11) is -3.44. The Hall–Kier alpha value is -4.29. The van der Waals surface area contributed by atoms with Crippen LogP contribution in [0.1, 0.15) is 29.0 Å². The maximum atomic E-state index is 11.8. The van der Waals surface area contributed by atoms with Gasteiger partial charge in [0.25, 0.3) is 5.69 Å². The fourth-order valence-electron chi connectivity index (χ4n) is 4.67. The highest BCUT2D eigenvalue weighted by atomic mass is 32.2. The van der Waals surface area contributed by atoms with Crippen molar-refractivity contribution in [3.8, 4) is 5.69 Å². The zero-order valence-corrected chi connectivity index (χ0v) is 22.1. The molecule has 2 N–H and O–H groups in total. The van der Waals surface area contributed by atoms with Crippen molar-refractivity contribution in [1.29, 1.82) is 0 Å². The van der Waals surface area contributed by atoms with E-state index in [2.05, 4.69) is 15.0 Å². The number of nitro benzene ring substituents is 1. The maximum absolute atomic E-state index is 11.8. The summed E-state index contributed by atoms with van der Waals surface area (Å²) in [6, 6.07) is 20.6. The van der Waals surface area contributed by atoms with E-state index in [4.69, 9.17) is 12.2 Å². The fourth-order valence-corrected chi connectivity index (χ4v) is 5.65. The van der Waals surface area contributed by atoms with Gasteiger partial charge >= 0.3 is 0 Å². The largest absolute Gasteiger partial charge is 0.351 e. The summed E-state index contributed by atoms with van der Waals surface area (Å²) < 4.78 is 28.0. The quantitative estimate of drug-likeness (QED) is 0.195. The Morgan fingerprint density at radius 3 is 2.55 bits per heavy atom. The van der Waals surface area contributed by atoms with Gasteiger partial charge in [-0.05, 0) is 73.2 Å².